The van der Waals surface area contributed by atoms with Crippen LogP contribution in [0.1, 0.15) is 57.7 Å². The standard InChI is InChI=1S/C31H36F3N3O5S/c1-17-9-22-21-7-5-19-10-23-18(13-36-37(23)20-6-8-25(33)35-14-20)11-28(19,2)30(21,34)24(38)12-29(22,3)31(17,27(40)43-16-32)42-26(39)15-41-4/h6,8,10,13-14,17,21-22,24,38H,5,7,9,11-12,15-16H2,1-4H3. The van der Waals surface area contributed by atoms with Gasteiger partial charge in [0.1, 0.15) is 18.3 Å². The van der Waals surface area contributed by atoms with Gasteiger partial charge in [-0.1, -0.05) is 26.3 Å². The van der Waals surface area contributed by atoms with E-state index >= 15 is 4.39 Å². The Morgan fingerprint density at radius 1 is 1.23 bits per heavy atom. The fraction of sp³-hybridized carbons (Fsp3) is 0.613. The minimum Gasteiger partial charge on any atom is -0.447 e. The van der Waals surface area contributed by atoms with Crippen LogP contribution in [0.5, 0.6) is 0 Å². The molecule has 3 saturated carbocycles. The van der Waals surface area contributed by atoms with Crippen LogP contribution in [0, 0.1) is 34.5 Å². The molecule has 0 spiro atoms. The third-order valence-corrected chi connectivity index (χ3v) is 11.8. The minimum atomic E-state index is -2.05. The Bertz CT molecular complexity index is 1490. The van der Waals surface area contributed by atoms with Crippen molar-refractivity contribution in [3.8, 4) is 5.69 Å². The van der Waals surface area contributed by atoms with Gasteiger partial charge in [0.05, 0.1) is 29.9 Å². The number of aliphatic hydroxyl groups excluding tert-OH is 1. The van der Waals surface area contributed by atoms with Crippen LogP contribution in [0.2, 0.25) is 0 Å². The maximum absolute atomic E-state index is 18.1. The maximum atomic E-state index is 18.1. The summed E-state index contributed by atoms with van der Waals surface area (Å²) in [6.07, 6.45) is 5.02. The van der Waals surface area contributed by atoms with Crippen LogP contribution in [0.4, 0.5) is 13.2 Å². The molecule has 0 saturated heterocycles. The van der Waals surface area contributed by atoms with Crippen LogP contribution in [0.25, 0.3) is 11.8 Å². The van der Waals surface area contributed by atoms with Crippen LogP contribution in [0.15, 0.2) is 30.1 Å². The average Bonchev–Trinajstić information content (AvgIpc) is 3.45. The fourth-order valence-electron chi connectivity index (χ4n) is 9.25. The molecule has 2 aromatic rings. The molecular formula is C31H36F3N3O5S. The smallest absolute Gasteiger partial charge is 0.333 e. The molecule has 2 heterocycles. The number of rotatable bonds is 6. The number of fused-ring (bicyclic) bond motifs is 6. The second-order valence-corrected chi connectivity index (χ2v) is 13.8. The Labute approximate surface area is 252 Å². The molecule has 232 valence electrons. The Morgan fingerprint density at radius 3 is 2.67 bits per heavy atom. The van der Waals surface area contributed by atoms with E-state index in [0.717, 1.165) is 16.8 Å². The van der Waals surface area contributed by atoms with Gasteiger partial charge in [0.25, 0.3) is 0 Å². The first kappa shape index (κ1) is 30.3. The highest BCUT2D eigenvalue weighted by Crippen LogP contribution is 2.72. The number of carbonyl (C=O) groups excluding carboxylic acids is 2. The van der Waals surface area contributed by atoms with Crippen molar-refractivity contribution >= 4 is 28.9 Å². The first-order valence-corrected chi connectivity index (χ1v) is 15.6. The fourth-order valence-corrected chi connectivity index (χ4v) is 10.0. The van der Waals surface area contributed by atoms with Crippen LogP contribution in [-0.2, 0) is 25.5 Å². The maximum Gasteiger partial charge on any atom is 0.333 e. The summed E-state index contributed by atoms with van der Waals surface area (Å²) >= 11 is 0.444. The van der Waals surface area contributed by atoms with Gasteiger partial charge in [-0.05, 0) is 73.6 Å². The number of pyridine rings is 1. The number of esters is 1. The normalized spacial score (nSPS) is 37.9. The second kappa shape index (κ2) is 10.4. The van der Waals surface area contributed by atoms with Crippen LogP contribution < -0.4 is 0 Å². The summed E-state index contributed by atoms with van der Waals surface area (Å²) in [6.45, 7) is 5.03. The number of allylic oxidation sites excluding steroid dienone is 1. The minimum absolute atomic E-state index is 0.135. The number of ether oxygens (including phenoxy) is 2. The SMILES string of the molecule is COCC(=O)OC1(C(=O)SCF)C(C)CC2C3CCC4=Cc5c(cnn5-c5ccc(F)nc5)CC4(C)C3(F)C(O)CC21C. The topological polar surface area (TPSA) is 104 Å². The van der Waals surface area contributed by atoms with Gasteiger partial charge in [0.2, 0.25) is 11.1 Å². The average molecular weight is 620 g/mol. The number of aliphatic hydroxyl groups is 1. The van der Waals surface area contributed by atoms with Gasteiger partial charge in [-0.2, -0.15) is 9.49 Å². The third kappa shape index (κ3) is 4.04. The number of aromatic nitrogens is 3. The molecule has 6 rings (SSSR count). The summed E-state index contributed by atoms with van der Waals surface area (Å²) in [6, 6.07) is 1.84. The highest BCUT2D eigenvalue weighted by molar-refractivity contribution is 8.13. The van der Waals surface area contributed by atoms with E-state index in [0.29, 0.717) is 36.7 Å². The largest absolute Gasteiger partial charge is 0.447 e. The van der Waals surface area contributed by atoms with Crippen LogP contribution in [-0.4, -0.2) is 68.1 Å². The lowest BCUT2D eigenvalue weighted by Gasteiger charge is -2.63. The number of thioether (sulfide) groups is 1. The molecule has 8 atom stereocenters. The first-order chi connectivity index (χ1) is 20.4. The number of halogens is 3. The molecular weight excluding hydrogens is 583 g/mol. The molecule has 43 heavy (non-hydrogen) atoms. The molecule has 0 aromatic carbocycles. The van der Waals surface area contributed by atoms with E-state index in [1.54, 1.807) is 30.8 Å². The number of methoxy groups -OCH3 is 1. The van der Waals surface area contributed by atoms with Crippen LogP contribution in [0.3, 0.4) is 0 Å². The summed E-state index contributed by atoms with van der Waals surface area (Å²) < 4.78 is 57.6. The quantitative estimate of drug-likeness (QED) is 0.356. The van der Waals surface area contributed by atoms with Crippen molar-refractivity contribution in [2.24, 2.45) is 28.6 Å². The number of nitrogens with zero attached hydrogens (tertiary/aromatic N) is 3. The summed E-state index contributed by atoms with van der Waals surface area (Å²) in [4.78, 5) is 30.2. The second-order valence-electron chi connectivity index (χ2n) is 13.0. The lowest BCUT2D eigenvalue weighted by molar-refractivity contribution is -0.231. The van der Waals surface area contributed by atoms with Gasteiger partial charge in [-0.25, -0.2) is 23.2 Å². The zero-order valence-corrected chi connectivity index (χ0v) is 25.4. The molecule has 0 radical (unpaired) electrons. The first-order valence-electron chi connectivity index (χ1n) is 14.6. The zero-order chi connectivity index (χ0) is 30.9. The van der Waals surface area contributed by atoms with Gasteiger partial charge in [-0.15, -0.1) is 0 Å². The van der Waals surface area contributed by atoms with Crippen molar-refractivity contribution in [1.29, 1.82) is 0 Å². The molecule has 3 fully saturated rings. The van der Waals surface area contributed by atoms with Crippen molar-refractivity contribution in [3.05, 3.63) is 47.3 Å². The van der Waals surface area contributed by atoms with E-state index < -0.39 is 75.6 Å². The van der Waals surface area contributed by atoms with Gasteiger partial charge >= 0.3 is 5.97 Å². The predicted molar refractivity (Wildman–Crippen MR) is 153 cm³/mol. The monoisotopic (exact) mass is 619 g/mol. The number of alkyl halides is 2. The van der Waals surface area contributed by atoms with E-state index in [-0.39, 0.29) is 12.8 Å². The summed E-state index contributed by atoms with van der Waals surface area (Å²) in [5.41, 5.74) is -3.00. The summed E-state index contributed by atoms with van der Waals surface area (Å²) in [5.74, 6) is -2.95. The molecule has 0 aliphatic heterocycles. The third-order valence-electron chi connectivity index (χ3n) is 11.1. The van der Waals surface area contributed by atoms with Gasteiger partial charge < -0.3 is 14.6 Å². The van der Waals surface area contributed by atoms with E-state index in [4.69, 9.17) is 9.47 Å². The molecule has 1 N–H and O–H groups in total. The van der Waals surface area contributed by atoms with Gasteiger partial charge in [-0.3, -0.25) is 4.79 Å². The van der Waals surface area contributed by atoms with E-state index in [1.165, 1.54) is 19.4 Å². The van der Waals surface area contributed by atoms with Gasteiger partial charge in [0, 0.05) is 29.8 Å². The van der Waals surface area contributed by atoms with Gasteiger partial charge in [0.15, 0.2) is 5.60 Å². The number of hydrogen-bond acceptors (Lipinski definition) is 8. The van der Waals surface area contributed by atoms with Crippen molar-refractivity contribution in [2.75, 3.05) is 19.7 Å². The molecule has 8 nitrogen and oxygen atoms in total. The lowest BCUT2D eigenvalue weighted by Crippen LogP contribution is -2.70. The highest BCUT2D eigenvalue weighted by Gasteiger charge is 2.77. The molecule has 12 heteroatoms. The Balaban J connectivity index is 1.40. The van der Waals surface area contributed by atoms with Crippen molar-refractivity contribution in [1.82, 2.24) is 14.8 Å². The highest BCUT2D eigenvalue weighted by atomic mass is 32.2. The molecule has 8 unspecified atom stereocenters. The molecule has 2 aromatic heterocycles. The number of carbonyl (C=O) groups is 2. The number of hydrogen-bond donors (Lipinski definition) is 1. The van der Waals surface area contributed by atoms with Crippen molar-refractivity contribution in [2.45, 2.75) is 70.2 Å². The zero-order valence-electron chi connectivity index (χ0n) is 24.6. The molecule has 0 bridgehead atoms. The Hall–Kier alpha value is -2.70. The predicted octanol–water partition coefficient (Wildman–Crippen LogP) is 5.01. The molecule has 4 aliphatic carbocycles. The van der Waals surface area contributed by atoms with Crippen LogP contribution >= 0.6 is 11.8 Å². The van der Waals surface area contributed by atoms with E-state index in [2.05, 4.69) is 10.1 Å². The van der Waals surface area contributed by atoms with Crippen molar-refractivity contribution < 1.29 is 37.3 Å². The summed E-state index contributed by atoms with van der Waals surface area (Å²) in [5, 5.41) is 15.8. The Morgan fingerprint density at radius 2 is 2.00 bits per heavy atom. The molecule has 0 amide bonds. The lowest BCUT2D eigenvalue weighted by atomic mass is 9.44. The Kier molecular flexibility index (Phi) is 7.37. The molecule has 4 aliphatic rings. The van der Waals surface area contributed by atoms with E-state index in [9.17, 15) is 23.5 Å². The van der Waals surface area contributed by atoms with E-state index in [1.807, 2.05) is 13.0 Å². The van der Waals surface area contributed by atoms with Crippen molar-refractivity contribution in [3.63, 3.8) is 0 Å². The summed E-state index contributed by atoms with van der Waals surface area (Å²) in [7, 11) is 1.33.